The highest BCUT2D eigenvalue weighted by Crippen LogP contribution is 2.26. The fraction of sp³-hybridized carbons (Fsp3) is 0.364. The average Bonchev–Trinajstić information content (AvgIpc) is 2.34. The Morgan fingerprint density at radius 2 is 1.94 bits per heavy atom. The first-order chi connectivity index (χ1) is 7.77. The molecule has 0 spiro atoms. The number of ether oxygens (including phenoxy) is 2. The molecular weight excluding hydrogens is 208 g/mol. The van der Waals surface area contributed by atoms with Gasteiger partial charge in [0.1, 0.15) is 0 Å². The van der Waals surface area contributed by atoms with Crippen molar-refractivity contribution < 1.29 is 14.3 Å². The largest absolute Gasteiger partial charge is 0.490 e. The molecule has 1 aromatic rings. The Kier molecular flexibility index (Phi) is 5.15. The zero-order valence-electron chi connectivity index (χ0n) is 9.23. The minimum Gasteiger partial charge on any atom is -0.490 e. The molecule has 0 unspecified atom stereocenters. The highest BCUT2D eigenvalue weighted by Gasteiger charge is 2.05. The minimum absolute atomic E-state index is 0.122. The molecule has 5 heteroatoms. The summed E-state index contributed by atoms with van der Waals surface area (Å²) in [7, 11) is 0. The standard InChI is InChI=1S/C11H16N2O3/c1-2-7-15-9-5-3-4-6-10(9)16-8-11(14)13-12/h3-6H,2,7-8,12H2,1H3,(H,13,14). The average molecular weight is 224 g/mol. The number of hydrazine groups is 1. The number of benzene rings is 1. The third-order valence-corrected chi connectivity index (χ3v) is 1.83. The van der Waals surface area contributed by atoms with Gasteiger partial charge < -0.3 is 9.47 Å². The van der Waals surface area contributed by atoms with Gasteiger partial charge in [0.05, 0.1) is 6.61 Å². The minimum atomic E-state index is -0.384. The summed E-state index contributed by atoms with van der Waals surface area (Å²) in [6.45, 7) is 2.51. The lowest BCUT2D eigenvalue weighted by atomic mass is 10.3. The van der Waals surface area contributed by atoms with Crippen molar-refractivity contribution in [1.82, 2.24) is 5.43 Å². The molecule has 0 heterocycles. The Labute approximate surface area is 94.5 Å². The molecule has 1 rings (SSSR count). The Balaban J connectivity index is 2.59. The van der Waals surface area contributed by atoms with E-state index in [1.165, 1.54) is 0 Å². The molecule has 0 atom stereocenters. The van der Waals surface area contributed by atoms with Gasteiger partial charge in [-0.25, -0.2) is 5.84 Å². The molecule has 1 aromatic carbocycles. The second-order valence-corrected chi connectivity index (χ2v) is 3.15. The van der Waals surface area contributed by atoms with Gasteiger partial charge in [0.15, 0.2) is 18.1 Å². The van der Waals surface area contributed by atoms with E-state index in [2.05, 4.69) is 0 Å². The fourth-order valence-electron chi connectivity index (χ4n) is 1.09. The molecule has 0 bridgehead atoms. The Morgan fingerprint density at radius 1 is 1.31 bits per heavy atom. The number of hydrogen-bond acceptors (Lipinski definition) is 4. The summed E-state index contributed by atoms with van der Waals surface area (Å²) in [5, 5.41) is 0. The van der Waals surface area contributed by atoms with Gasteiger partial charge in [-0.15, -0.1) is 0 Å². The van der Waals surface area contributed by atoms with Crippen LogP contribution >= 0.6 is 0 Å². The van der Waals surface area contributed by atoms with Crippen LogP contribution in [-0.4, -0.2) is 19.1 Å². The molecule has 0 aromatic heterocycles. The van der Waals surface area contributed by atoms with Crippen LogP contribution in [-0.2, 0) is 4.79 Å². The van der Waals surface area contributed by atoms with Crippen LogP contribution in [0.4, 0.5) is 0 Å². The Morgan fingerprint density at radius 3 is 2.50 bits per heavy atom. The molecule has 0 fully saturated rings. The monoisotopic (exact) mass is 224 g/mol. The van der Waals surface area contributed by atoms with Crippen LogP contribution in [0.3, 0.4) is 0 Å². The maximum absolute atomic E-state index is 10.9. The number of rotatable bonds is 6. The van der Waals surface area contributed by atoms with E-state index in [-0.39, 0.29) is 12.5 Å². The van der Waals surface area contributed by atoms with Crippen LogP contribution in [0.15, 0.2) is 24.3 Å². The van der Waals surface area contributed by atoms with Gasteiger partial charge in [-0.1, -0.05) is 19.1 Å². The molecular formula is C11H16N2O3. The van der Waals surface area contributed by atoms with Crippen LogP contribution in [0.1, 0.15) is 13.3 Å². The summed E-state index contributed by atoms with van der Waals surface area (Å²) >= 11 is 0. The van der Waals surface area contributed by atoms with Crippen LogP contribution in [0.25, 0.3) is 0 Å². The lowest BCUT2D eigenvalue weighted by Crippen LogP contribution is -2.34. The van der Waals surface area contributed by atoms with Gasteiger partial charge in [-0.2, -0.15) is 0 Å². The summed E-state index contributed by atoms with van der Waals surface area (Å²) in [4.78, 5) is 10.9. The highest BCUT2D eigenvalue weighted by molar-refractivity contribution is 5.76. The van der Waals surface area contributed by atoms with Crippen molar-refractivity contribution >= 4 is 5.91 Å². The van der Waals surface area contributed by atoms with E-state index in [4.69, 9.17) is 15.3 Å². The number of hydrogen-bond donors (Lipinski definition) is 2. The molecule has 3 N–H and O–H groups in total. The normalized spacial score (nSPS) is 9.62. The molecule has 0 aliphatic heterocycles. The molecule has 5 nitrogen and oxygen atoms in total. The lowest BCUT2D eigenvalue weighted by Gasteiger charge is -2.11. The summed E-state index contributed by atoms with van der Waals surface area (Å²) in [5.41, 5.74) is 1.99. The van der Waals surface area contributed by atoms with E-state index < -0.39 is 0 Å². The van der Waals surface area contributed by atoms with Gasteiger partial charge in [0, 0.05) is 0 Å². The Bertz CT molecular complexity index is 342. The van der Waals surface area contributed by atoms with E-state index in [9.17, 15) is 4.79 Å². The van der Waals surface area contributed by atoms with E-state index in [0.29, 0.717) is 18.1 Å². The van der Waals surface area contributed by atoms with Crippen molar-refractivity contribution in [3.05, 3.63) is 24.3 Å². The molecule has 0 saturated heterocycles. The maximum Gasteiger partial charge on any atom is 0.271 e. The molecule has 0 aliphatic rings. The van der Waals surface area contributed by atoms with Crippen molar-refractivity contribution in [3.63, 3.8) is 0 Å². The number of nitrogens with one attached hydrogen (secondary N) is 1. The fourth-order valence-corrected chi connectivity index (χ4v) is 1.09. The smallest absolute Gasteiger partial charge is 0.271 e. The van der Waals surface area contributed by atoms with Gasteiger partial charge >= 0.3 is 0 Å². The molecule has 0 aliphatic carbocycles. The van der Waals surface area contributed by atoms with Crippen molar-refractivity contribution in [2.45, 2.75) is 13.3 Å². The highest BCUT2D eigenvalue weighted by atomic mass is 16.5. The number of carbonyl (C=O) groups is 1. The van der Waals surface area contributed by atoms with E-state index in [0.717, 1.165) is 6.42 Å². The maximum atomic E-state index is 10.9. The topological polar surface area (TPSA) is 73.6 Å². The number of para-hydroxylation sites is 2. The van der Waals surface area contributed by atoms with Gasteiger partial charge in [0.2, 0.25) is 0 Å². The van der Waals surface area contributed by atoms with Crippen molar-refractivity contribution in [3.8, 4) is 11.5 Å². The van der Waals surface area contributed by atoms with Crippen molar-refractivity contribution in [2.75, 3.05) is 13.2 Å². The Hall–Kier alpha value is -1.75. The lowest BCUT2D eigenvalue weighted by molar-refractivity contribution is -0.123. The van der Waals surface area contributed by atoms with E-state index in [1.54, 1.807) is 12.1 Å². The number of amides is 1. The van der Waals surface area contributed by atoms with Crippen LogP contribution in [0.2, 0.25) is 0 Å². The predicted molar refractivity (Wildman–Crippen MR) is 60.1 cm³/mol. The molecule has 0 saturated carbocycles. The van der Waals surface area contributed by atoms with E-state index in [1.807, 2.05) is 24.5 Å². The summed E-state index contributed by atoms with van der Waals surface area (Å²) in [6.07, 6.45) is 0.914. The first-order valence-corrected chi connectivity index (χ1v) is 5.12. The molecule has 88 valence electrons. The number of nitrogens with two attached hydrogens (primary N) is 1. The third kappa shape index (κ3) is 3.78. The van der Waals surface area contributed by atoms with Crippen LogP contribution in [0, 0.1) is 0 Å². The second kappa shape index (κ2) is 6.68. The van der Waals surface area contributed by atoms with Gasteiger partial charge in [-0.05, 0) is 18.6 Å². The van der Waals surface area contributed by atoms with Gasteiger partial charge in [0.25, 0.3) is 5.91 Å². The SMILES string of the molecule is CCCOc1ccccc1OCC(=O)NN. The second-order valence-electron chi connectivity index (χ2n) is 3.15. The van der Waals surface area contributed by atoms with Gasteiger partial charge in [-0.3, -0.25) is 10.2 Å². The zero-order valence-corrected chi connectivity index (χ0v) is 9.23. The summed E-state index contributed by atoms with van der Waals surface area (Å²) in [5.74, 6) is 5.73. The number of carbonyl (C=O) groups excluding carboxylic acids is 1. The molecule has 1 amide bonds. The van der Waals surface area contributed by atoms with Crippen molar-refractivity contribution in [2.24, 2.45) is 5.84 Å². The predicted octanol–water partition coefficient (Wildman–Crippen LogP) is 0.844. The third-order valence-electron chi connectivity index (χ3n) is 1.83. The quantitative estimate of drug-likeness (QED) is 0.426. The first-order valence-electron chi connectivity index (χ1n) is 5.12. The van der Waals surface area contributed by atoms with Crippen LogP contribution < -0.4 is 20.7 Å². The first kappa shape index (κ1) is 12.3. The summed E-state index contributed by atoms with van der Waals surface area (Å²) in [6, 6.07) is 7.20. The molecule has 0 radical (unpaired) electrons. The zero-order chi connectivity index (χ0) is 11.8. The molecule has 16 heavy (non-hydrogen) atoms. The van der Waals surface area contributed by atoms with E-state index >= 15 is 0 Å². The van der Waals surface area contributed by atoms with Crippen LogP contribution in [0.5, 0.6) is 11.5 Å². The summed E-state index contributed by atoms with van der Waals surface area (Å²) < 4.78 is 10.7. The van der Waals surface area contributed by atoms with Crippen molar-refractivity contribution in [1.29, 1.82) is 0 Å².